The van der Waals surface area contributed by atoms with E-state index in [9.17, 15) is 9.65 Å². The van der Waals surface area contributed by atoms with Crippen molar-refractivity contribution >= 4 is 0 Å². The smallest absolute Gasteiger partial charge is 0.129 e. The van der Waals surface area contributed by atoms with Crippen LogP contribution in [0, 0.1) is 24.6 Å². The van der Waals surface area contributed by atoms with Crippen LogP contribution in [0.5, 0.6) is 0 Å². The van der Waals surface area contributed by atoms with Crippen molar-refractivity contribution < 1.29 is 14.5 Å². The maximum atomic E-state index is 14.1. The second-order valence-corrected chi connectivity index (χ2v) is 6.83. The van der Waals surface area contributed by atoms with Gasteiger partial charge in [-0.15, -0.1) is 0 Å². The highest BCUT2D eigenvalue weighted by Crippen LogP contribution is 2.40. The monoisotopic (exact) mass is 308 g/mol. The minimum Gasteiger partial charge on any atom is -0.251 e. The van der Waals surface area contributed by atoms with Gasteiger partial charge in [0.05, 0.1) is 0 Å². The van der Waals surface area contributed by atoms with Crippen molar-refractivity contribution in [1.82, 2.24) is 0 Å². The molecule has 1 N–H and O–H groups in total. The van der Waals surface area contributed by atoms with E-state index < -0.39 is 6.10 Å². The van der Waals surface area contributed by atoms with Gasteiger partial charge in [-0.3, -0.25) is 5.26 Å². The van der Waals surface area contributed by atoms with Crippen molar-refractivity contribution in [3.05, 3.63) is 35.1 Å². The minimum atomic E-state index is -0.530. The zero-order chi connectivity index (χ0) is 15.9. The van der Waals surface area contributed by atoms with Crippen LogP contribution in [0.4, 0.5) is 4.39 Å². The molecular formula is C19H29FO2. The zero-order valence-corrected chi connectivity index (χ0v) is 13.9. The maximum Gasteiger partial charge on any atom is 0.129 e. The molecule has 0 heterocycles. The molecule has 1 aliphatic carbocycles. The van der Waals surface area contributed by atoms with E-state index >= 15 is 0 Å². The summed E-state index contributed by atoms with van der Waals surface area (Å²) in [7, 11) is 0. The summed E-state index contributed by atoms with van der Waals surface area (Å²) in [5.41, 5.74) is 1.38. The molecule has 1 aromatic rings. The van der Waals surface area contributed by atoms with Crippen LogP contribution >= 0.6 is 0 Å². The van der Waals surface area contributed by atoms with Crippen LogP contribution in [0.2, 0.25) is 0 Å². The van der Waals surface area contributed by atoms with E-state index in [0.717, 1.165) is 24.3 Å². The molecule has 22 heavy (non-hydrogen) atoms. The number of hydrogen-bond donors (Lipinski definition) is 1. The van der Waals surface area contributed by atoms with E-state index in [1.54, 1.807) is 6.07 Å². The third kappa shape index (κ3) is 4.53. The van der Waals surface area contributed by atoms with Gasteiger partial charge in [0.15, 0.2) is 0 Å². The zero-order valence-electron chi connectivity index (χ0n) is 13.9. The summed E-state index contributed by atoms with van der Waals surface area (Å²) >= 11 is 0. The standard InChI is InChI=1S/C19H29FO2/c1-3-4-5-6-15-8-10-16(11-9-15)19(22-21)17-12-7-14(2)13-18(17)20/h7,12-13,15-16,19,21H,3-6,8-11H2,1-2H3. The lowest BCUT2D eigenvalue weighted by molar-refractivity contribution is -0.296. The molecule has 0 bridgehead atoms. The molecule has 3 heteroatoms. The lowest BCUT2D eigenvalue weighted by atomic mass is 9.76. The third-order valence-electron chi connectivity index (χ3n) is 5.11. The summed E-state index contributed by atoms with van der Waals surface area (Å²) < 4.78 is 14.1. The molecule has 1 saturated carbocycles. The Balaban J connectivity index is 1.93. The van der Waals surface area contributed by atoms with Gasteiger partial charge in [0.1, 0.15) is 11.9 Å². The van der Waals surface area contributed by atoms with Crippen molar-refractivity contribution in [2.24, 2.45) is 11.8 Å². The SMILES string of the molecule is CCCCCC1CCC(C(OO)c2ccc(C)cc2F)CC1. The number of halogens is 1. The topological polar surface area (TPSA) is 29.5 Å². The molecule has 1 aliphatic rings. The summed E-state index contributed by atoms with van der Waals surface area (Å²) in [6, 6.07) is 5.14. The van der Waals surface area contributed by atoms with Gasteiger partial charge in [-0.1, -0.05) is 57.6 Å². The lowest BCUT2D eigenvalue weighted by Crippen LogP contribution is -2.22. The average molecular weight is 308 g/mol. The van der Waals surface area contributed by atoms with E-state index in [1.165, 1.54) is 44.6 Å². The van der Waals surface area contributed by atoms with Crippen LogP contribution in [-0.2, 0) is 4.89 Å². The van der Waals surface area contributed by atoms with Gasteiger partial charge < -0.3 is 0 Å². The van der Waals surface area contributed by atoms with Crippen molar-refractivity contribution in [2.45, 2.75) is 71.3 Å². The fourth-order valence-corrected chi connectivity index (χ4v) is 3.72. The Morgan fingerprint density at radius 1 is 1.23 bits per heavy atom. The molecular weight excluding hydrogens is 279 g/mol. The predicted octanol–water partition coefficient (Wildman–Crippen LogP) is 6.05. The minimum absolute atomic E-state index is 0.213. The molecule has 0 aliphatic heterocycles. The largest absolute Gasteiger partial charge is 0.251 e. The molecule has 1 aromatic carbocycles. The van der Waals surface area contributed by atoms with Crippen molar-refractivity contribution in [3.8, 4) is 0 Å². The number of hydrogen-bond acceptors (Lipinski definition) is 2. The molecule has 0 spiro atoms. The van der Waals surface area contributed by atoms with E-state index in [4.69, 9.17) is 4.89 Å². The van der Waals surface area contributed by atoms with Gasteiger partial charge in [0, 0.05) is 5.56 Å². The van der Waals surface area contributed by atoms with Gasteiger partial charge in [-0.25, -0.2) is 9.28 Å². The molecule has 124 valence electrons. The predicted molar refractivity (Wildman–Crippen MR) is 87.2 cm³/mol. The Morgan fingerprint density at radius 3 is 2.55 bits per heavy atom. The normalized spacial score (nSPS) is 23.5. The second-order valence-electron chi connectivity index (χ2n) is 6.83. The summed E-state index contributed by atoms with van der Waals surface area (Å²) in [6.07, 6.45) is 9.04. The van der Waals surface area contributed by atoms with Crippen molar-refractivity contribution in [2.75, 3.05) is 0 Å². The maximum absolute atomic E-state index is 14.1. The van der Waals surface area contributed by atoms with Crippen LogP contribution in [0.3, 0.4) is 0 Å². The summed E-state index contributed by atoms with van der Waals surface area (Å²) in [4.78, 5) is 4.69. The van der Waals surface area contributed by atoms with Gasteiger partial charge in [-0.2, -0.15) is 0 Å². The number of unbranched alkanes of at least 4 members (excludes halogenated alkanes) is 2. The quantitative estimate of drug-likeness (QED) is 0.377. The van der Waals surface area contributed by atoms with Crippen molar-refractivity contribution in [1.29, 1.82) is 0 Å². The second kappa shape index (κ2) is 8.64. The fourth-order valence-electron chi connectivity index (χ4n) is 3.72. The summed E-state index contributed by atoms with van der Waals surface area (Å²) in [5.74, 6) is 0.735. The highest BCUT2D eigenvalue weighted by molar-refractivity contribution is 5.25. The average Bonchev–Trinajstić information content (AvgIpc) is 2.52. The van der Waals surface area contributed by atoms with Crippen LogP contribution in [0.1, 0.15) is 75.5 Å². The highest BCUT2D eigenvalue weighted by Gasteiger charge is 2.31. The van der Waals surface area contributed by atoms with E-state index in [1.807, 2.05) is 13.0 Å². The lowest BCUT2D eigenvalue weighted by Gasteiger charge is -2.32. The number of rotatable bonds is 7. The molecule has 0 amide bonds. The van der Waals surface area contributed by atoms with Gasteiger partial charge in [-0.05, 0) is 43.2 Å². The first-order valence-corrected chi connectivity index (χ1v) is 8.72. The van der Waals surface area contributed by atoms with Crippen LogP contribution in [0.15, 0.2) is 18.2 Å². The Labute approximate surface area is 133 Å². The van der Waals surface area contributed by atoms with Crippen LogP contribution in [-0.4, -0.2) is 5.26 Å². The summed E-state index contributed by atoms with van der Waals surface area (Å²) in [6.45, 7) is 4.10. The highest BCUT2D eigenvalue weighted by atomic mass is 19.1. The van der Waals surface area contributed by atoms with E-state index in [-0.39, 0.29) is 11.7 Å². The van der Waals surface area contributed by atoms with Crippen LogP contribution in [0.25, 0.3) is 0 Å². The Kier molecular flexibility index (Phi) is 6.84. The van der Waals surface area contributed by atoms with Gasteiger partial charge in [0.2, 0.25) is 0 Å². The first kappa shape index (κ1) is 17.4. The molecule has 2 rings (SSSR count). The first-order chi connectivity index (χ1) is 10.7. The van der Waals surface area contributed by atoms with Crippen LogP contribution < -0.4 is 0 Å². The number of benzene rings is 1. The molecule has 1 atom stereocenters. The molecule has 1 fully saturated rings. The number of aryl methyl sites for hydroxylation is 1. The summed E-state index contributed by atoms with van der Waals surface area (Å²) in [5, 5.41) is 9.30. The van der Waals surface area contributed by atoms with Gasteiger partial charge >= 0.3 is 0 Å². The Hall–Kier alpha value is -0.930. The Bertz CT molecular complexity index is 453. The van der Waals surface area contributed by atoms with E-state index in [0.29, 0.717) is 5.56 Å². The first-order valence-electron chi connectivity index (χ1n) is 8.72. The fraction of sp³-hybridized carbons (Fsp3) is 0.684. The molecule has 0 radical (unpaired) electrons. The van der Waals surface area contributed by atoms with E-state index in [2.05, 4.69) is 6.92 Å². The van der Waals surface area contributed by atoms with Crippen molar-refractivity contribution in [3.63, 3.8) is 0 Å². The Morgan fingerprint density at radius 2 is 1.95 bits per heavy atom. The molecule has 1 unspecified atom stereocenters. The molecule has 2 nitrogen and oxygen atoms in total. The molecule has 0 saturated heterocycles. The molecule has 0 aromatic heterocycles. The van der Waals surface area contributed by atoms with Gasteiger partial charge in [0.25, 0.3) is 0 Å². The third-order valence-corrected chi connectivity index (χ3v) is 5.11.